The summed E-state index contributed by atoms with van der Waals surface area (Å²) in [5, 5.41) is 11.6. The minimum Gasteiger partial charge on any atom is -0.376 e. The molecule has 0 aromatic heterocycles. The van der Waals surface area contributed by atoms with Crippen molar-refractivity contribution < 1.29 is 5.11 Å². The zero-order chi connectivity index (χ0) is 14.4. The van der Waals surface area contributed by atoms with Gasteiger partial charge in [-0.2, -0.15) is 0 Å². The third kappa shape index (κ3) is 1.55. The van der Waals surface area contributed by atoms with Crippen LogP contribution in [0.2, 0.25) is 0 Å². The highest BCUT2D eigenvalue weighted by molar-refractivity contribution is 5.84. The van der Waals surface area contributed by atoms with Gasteiger partial charge in [-0.25, -0.2) is 0 Å². The molecule has 1 aliphatic carbocycles. The van der Waals surface area contributed by atoms with Crippen molar-refractivity contribution in [3.63, 3.8) is 0 Å². The first kappa shape index (κ1) is 12.4. The molecule has 0 bridgehead atoms. The zero-order valence-corrected chi connectivity index (χ0v) is 11.9. The van der Waals surface area contributed by atoms with Crippen LogP contribution in [0.3, 0.4) is 0 Å². The van der Waals surface area contributed by atoms with Crippen LogP contribution in [0.25, 0.3) is 11.1 Å². The Morgan fingerprint density at radius 3 is 2.19 bits per heavy atom. The first-order valence-electron chi connectivity index (χ1n) is 7.21. The molecule has 4 rings (SSSR count). The van der Waals surface area contributed by atoms with Crippen LogP contribution in [0.5, 0.6) is 0 Å². The molecule has 21 heavy (non-hydrogen) atoms. The first-order valence-corrected chi connectivity index (χ1v) is 7.21. The molecule has 0 radical (unpaired) electrons. The zero-order valence-electron chi connectivity index (χ0n) is 11.9. The first-order chi connectivity index (χ1) is 10.2. The maximum absolute atomic E-state index is 11.6. The van der Waals surface area contributed by atoms with Crippen LogP contribution < -0.4 is 0 Å². The van der Waals surface area contributed by atoms with Gasteiger partial charge in [0.15, 0.2) is 0 Å². The lowest BCUT2D eigenvalue weighted by molar-refractivity contribution is 0.130. The van der Waals surface area contributed by atoms with Crippen molar-refractivity contribution in [2.24, 2.45) is 0 Å². The van der Waals surface area contributed by atoms with Crippen LogP contribution in [0.15, 0.2) is 72.8 Å². The van der Waals surface area contributed by atoms with Crippen LogP contribution in [0.4, 0.5) is 0 Å². The molecule has 0 saturated heterocycles. The van der Waals surface area contributed by atoms with E-state index in [0.29, 0.717) is 0 Å². The number of hydrogen-bond donors (Lipinski definition) is 1. The Morgan fingerprint density at radius 1 is 0.714 bits per heavy atom. The van der Waals surface area contributed by atoms with E-state index >= 15 is 0 Å². The van der Waals surface area contributed by atoms with Gasteiger partial charge in [-0.15, -0.1) is 0 Å². The number of fused-ring (bicyclic) bond motifs is 3. The molecule has 1 unspecified atom stereocenters. The summed E-state index contributed by atoms with van der Waals surface area (Å²) >= 11 is 0. The number of benzene rings is 3. The fourth-order valence-electron chi connectivity index (χ4n) is 3.48. The molecule has 1 atom stereocenters. The summed E-state index contributed by atoms with van der Waals surface area (Å²) in [6.07, 6.45) is 0. The summed E-state index contributed by atoms with van der Waals surface area (Å²) in [4.78, 5) is 0. The van der Waals surface area contributed by atoms with Crippen molar-refractivity contribution >= 4 is 0 Å². The van der Waals surface area contributed by atoms with Crippen molar-refractivity contribution in [1.29, 1.82) is 0 Å². The third-order valence-electron chi connectivity index (χ3n) is 4.44. The predicted molar refractivity (Wildman–Crippen MR) is 85.2 cm³/mol. The Hall–Kier alpha value is -2.38. The summed E-state index contributed by atoms with van der Waals surface area (Å²) in [7, 11) is 0. The lowest BCUT2D eigenvalue weighted by Crippen LogP contribution is -2.26. The number of aryl methyl sites for hydroxylation is 1. The SMILES string of the molecule is Cc1cccc2c1-c1ccccc1C2(O)c1ccccc1. The predicted octanol–water partition coefficient (Wildman–Crippen LogP) is 4.26. The summed E-state index contributed by atoms with van der Waals surface area (Å²) in [5.74, 6) is 0. The Kier molecular flexibility index (Phi) is 2.54. The normalized spacial score (nSPS) is 19.1. The summed E-state index contributed by atoms with van der Waals surface area (Å²) in [6.45, 7) is 2.10. The molecule has 0 heterocycles. The van der Waals surface area contributed by atoms with Gasteiger partial charge >= 0.3 is 0 Å². The molecule has 0 aliphatic heterocycles. The summed E-state index contributed by atoms with van der Waals surface area (Å²) in [5.41, 5.74) is 5.32. The van der Waals surface area contributed by atoms with Crippen molar-refractivity contribution in [3.05, 3.63) is 95.1 Å². The van der Waals surface area contributed by atoms with Crippen LogP contribution in [-0.4, -0.2) is 5.11 Å². The van der Waals surface area contributed by atoms with E-state index in [-0.39, 0.29) is 0 Å². The molecular formula is C20H16O. The number of hydrogen-bond acceptors (Lipinski definition) is 1. The quantitative estimate of drug-likeness (QED) is 0.701. The van der Waals surface area contributed by atoms with Gasteiger partial charge in [0, 0.05) is 11.1 Å². The Balaban J connectivity index is 2.13. The van der Waals surface area contributed by atoms with Gasteiger partial charge in [-0.05, 0) is 29.2 Å². The number of rotatable bonds is 1. The molecular weight excluding hydrogens is 256 g/mol. The van der Waals surface area contributed by atoms with Crippen LogP contribution in [0, 0.1) is 6.92 Å². The van der Waals surface area contributed by atoms with Crippen LogP contribution in [0.1, 0.15) is 22.3 Å². The fraction of sp³-hybridized carbons (Fsp3) is 0.100. The second-order valence-corrected chi connectivity index (χ2v) is 5.62. The standard InChI is InChI=1S/C20H16O/c1-14-8-7-13-18-19(14)16-11-5-6-12-17(16)20(18,21)15-9-3-2-4-10-15/h2-13,21H,1H3. The number of aliphatic hydroxyl groups is 1. The summed E-state index contributed by atoms with van der Waals surface area (Å²) in [6, 6.07) is 24.2. The van der Waals surface area contributed by atoms with Gasteiger partial charge in [-0.3, -0.25) is 0 Å². The van der Waals surface area contributed by atoms with Gasteiger partial charge in [0.05, 0.1) is 0 Å². The smallest absolute Gasteiger partial charge is 0.141 e. The Morgan fingerprint density at radius 2 is 1.38 bits per heavy atom. The van der Waals surface area contributed by atoms with E-state index < -0.39 is 5.60 Å². The minimum atomic E-state index is -1.06. The van der Waals surface area contributed by atoms with Gasteiger partial charge in [0.2, 0.25) is 0 Å². The van der Waals surface area contributed by atoms with Crippen molar-refractivity contribution in [1.82, 2.24) is 0 Å². The fourth-order valence-corrected chi connectivity index (χ4v) is 3.48. The molecule has 1 aliphatic rings. The van der Waals surface area contributed by atoms with E-state index in [4.69, 9.17) is 0 Å². The highest BCUT2D eigenvalue weighted by atomic mass is 16.3. The van der Waals surface area contributed by atoms with Gasteiger partial charge in [0.1, 0.15) is 5.60 Å². The molecule has 0 spiro atoms. The molecule has 3 aromatic rings. The van der Waals surface area contributed by atoms with E-state index in [1.165, 1.54) is 11.1 Å². The van der Waals surface area contributed by atoms with Crippen LogP contribution in [-0.2, 0) is 5.60 Å². The van der Waals surface area contributed by atoms with Gasteiger partial charge < -0.3 is 5.11 Å². The van der Waals surface area contributed by atoms with Crippen molar-refractivity contribution in [2.45, 2.75) is 12.5 Å². The molecule has 0 amide bonds. The molecule has 1 nitrogen and oxygen atoms in total. The average Bonchev–Trinajstić information content (AvgIpc) is 2.81. The average molecular weight is 272 g/mol. The lowest BCUT2D eigenvalue weighted by atomic mass is 9.84. The molecule has 0 saturated carbocycles. The van der Waals surface area contributed by atoms with Crippen molar-refractivity contribution in [2.75, 3.05) is 0 Å². The maximum atomic E-state index is 11.6. The second kappa shape index (κ2) is 4.31. The minimum absolute atomic E-state index is 0.918. The Bertz CT molecular complexity index is 820. The highest BCUT2D eigenvalue weighted by Gasteiger charge is 2.43. The van der Waals surface area contributed by atoms with E-state index in [0.717, 1.165) is 22.3 Å². The highest BCUT2D eigenvalue weighted by Crippen LogP contribution is 2.51. The van der Waals surface area contributed by atoms with E-state index in [1.807, 2.05) is 60.7 Å². The molecule has 0 fully saturated rings. The molecule has 1 N–H and O–H groups in total. The molecule has 102 valence electrons. The van der Waals surface area contributed by atoms with E-state index in [1.54, 1.807) is 0 Å². The van der Waals surface area contributed by atoms with Crippen molar-refractivity contribution in [3.8, 4) is 11.1 Å². The lowest BCUT2D eigenvalue weighted by Gasteiger charge is -2.26. The van der Waals surface area contributed by atoms with E-state index in [9.17, 15) is 5.11 Å². The van der Waals surface area contributed by atoms with Gasteiger partial charge in [-0.1, -0.05) is 72.8 Å². The maximum Gasteiger partial charge on any atom is 0.141 e. The summed E-state index contributed by atoms with van der Waals surface area (Å²) < 4.78 is 0. The molecule has 3 aromatic carbocycles. The largest absolute Gasteiger partial charge is 0.376 e. The monoisotopic (exact) mass is 272 g/mol. The van der Waals surface area contributed by atoms with E-state index in [2.05, 4.69) is 19.1 Å². The van der Waals surface area contributed by atoms with Crippen LogP contribution >= 0.6 is 0 Å². The molecule has 1 heteroatoms. The topological polar surface area (TPSA) is 20.2 Å². The third-order valence-corrected chi connectivity index (χ3v) is 4.44. The second-order valence-electron chi connectivity index (χ2n) is 5.62. The van der Waals surface area contributed by atoms with Gasteiger partial charge in [0.25, 0.3) is 0 Å². The Labute approximate surface area is 124 Å².